The predicted molar refractivity (Wildman–Crippen MR) is 132 cm³/mol. The third-order valence-corrected chi connectivity index (χ3v) is 8.18. The molecule has 5 nitrogen and oxygen atoms in total. The van der Waals surface area contributed by atoms with Crippen molar-refractivity contribution in [1.29, 1.82) is 0 Å². The smallest absolute Gasteiger partial charge is 0.220 e. The second kappa shape index (κ2) is 9.98. The first-order valence-corrected chi connectivity index (χ1v) is 13.0. The molecule has 0 unspecified atom stereocenters. The average molecular weight is 469 g/mol. The summed E-state index contributed by atoms with van der Waals surface area (Å²) in [4.78, 5) is 26.0. The lowest BCUT2D eigenvalue weighted by molar-refractivity contribution is -0.123. The number of rotatable bonds is 9. The van der Waals surface area contributed by atoms with E-state index in [-0.39, 0.29) is 28.4 Å². The van der Waals surface area contributed by atoms with Crippen LogP contribution in [0.2, 0.25) is 0 Å². The highest BCUT2D eigenvalue weighted by Crippen LogP contribution is 2.43. The first-order chi connectivity index (χ1) is 15.8. The van der Waals surface area contributed by atoms with Crippen molar-refractivity contribution < 1.29 is 14.3 Å². The van der Waals surface area contributed by atoms with Crippen LogP contribution >= 0.6 is 11.3 Å². The molecule has 2 aromatic rings. The third kappa shape index (κ3) is 6.04. The molecule has 0 radical (unpaired) electrons. The molecule has 2 amide bonds. The number of hydrogen-bond donors (Lipinski definition) is 2. The van der Waals surface area contributed by atoms with Crippen molar-refractivity contribution in [3.8, 4) is 0 Å². The molecule has 178 valence electrons. The summed E-state index contributed by atoms with van der Waals surface area (Å²) in [6.45, 7) is 5.70. The van der Waals surface area contributed by atoms with Gasteiger partial charge in [-0.1, -0.05) is 36.4 Å². The van der Waals surface area contributed by atoms with E-state index in [4.69, 9.17) is 4.74 Å². The average Bonchev–Trinajstić information content (AvgIpc) is 3.42. The molecular weight excluding hydrogens is 432 g/mol. The van der Waals surface area contributed by atoms with Crippen molar-refractivity contribution >= 4 is 23.2 Å². The van der Waals surface area contributed by atoms with E-state index >= 15 is 0 Å². The summed E-state index contributed by atoms with van der Waals surface area (Å²) < 4.78 is 6.01. The van der Waals surface area contributed by atoms with Crippen LogP contribution in [-0.2, 0) is 26.2 Å². The minimum atomic E-state index is -0.296. The van der Waals surface area contributed by atoms with Crippen LogP contribution < -0.4 is 10.6 Å². The Bertz CT molecular complexity index is 944. The van der Waals surface area contributed by atoms with Crippen molar-refractivity contribution in [3.63, 3.8) is 0 Å². The van der Waals surface area contributed by atoms with Gasteiger partial charge in [-0.15, -0.1) is 11.3 Å². The van der Waals surface area contributed by atoms with Crippen LogP contribution in [0.25, 0.3) is 0 Å². The summed E-state index contributed by atoms with van der Waals surface area (Å²) >= 11 is 1.71. The zero-order valence-corrected chi connectivity index (χ0v) is 20.6. The minimum absolute atomic E-state index is 0.0100. The number of hydrogen-bond acceptors (Lipinski definition) is 4. The second-order valence-electron chi connectivity index (χ2n) is 10.4. The molecule has 0 bridgehead atoms. The summed E-state index contributed by atoms with van der Waals surface area (Å²) in [5, 5.41) is 8.41. The molecule has 2 atom stereocenters. The van der Waals surface area contributed by atoms with E-state index in [2.05, 4.69) is 66.3 Å². The van der Waals surface area contributed by atoms with Crippen molar-refractivity contribution in [1.82, 2.24) is 10.6 Å². The zero-order chi connectivity index (χ0) is 23.4. The van der Waals surface area contributed by atoms with Crippen LogP contribution in [0.3, 0.4) is 0 Å². The lowest BCUT2D eigenvalue weighted by Gasteiger charge is -2.45. The van der Waals surface area contributed by atoms with Crippen molar-refractivity contribution in [2.24, 2.45) is 0 Å². The van der Waals surface area contributed by atoms with Gasteiger partial charge in [0, 0.05) is 48.2 Å². The summed E-state index contributed by atoms with van der Waals surface area (Å²) in [5.41, 5.74) is 0.873. The molecule has 2 fully saturated rings. The molecule has 4 rings (SSSR count). The predicted octanol–water partition coefficient (Wildman–Crippen LogP) is 4.75. The number of carbonyl (C=O) groups is 2. The molecule has 2 aliphatic heterocycles. The van der Waals surface area contributed by atoms with E-state index in [0.29, 0.717) is 25.8 Å². The quantitative estimate of drug-likeness (QED) is 0.558. The topological polar surface area (TPSA) is 67.4 Å². The lowest BCUT2D eigenvalue weighted by atomic mass is 9.67. The molecule has 3 heterocycles. The van der Waals surface area contributed by atoms with Gasteiger partial charge in [0.1, 0.15) is 0 Å². The van der Waals surface area contributed by atoms with E-state index in [9.17, 15) is 9.59 Å². The van der Waals surface area contributed by atoms with Gasteiger partial charge < -0.3 is 15.4 Å². The van der Waals surface area contributed by atoms with E-state index in [1.807, 2.05) is 6.07 Å². The highest BCUT2D eigenvalue weighted by molar-refractivity contribution is 7.09. The molecule has 2 saturated heterocycles. The van der Waals surface area contributed by atoms with Crippen molar-refractivity contribution in [2.75, 3.05) is 13.2 Å². The Hall–Kier alpha value is -2.18. The molecule has 2 aliphatic rings. The molecule has 2 N–H and O–H groups in total. The van der Waals surface area contributed by atoms with Gasteiger partial charge >= 0.3 is 0 Å². The lowest BCUT2D eigenvalue weighted by Crippen LogP contribution is -2.46. The first kappa shape index (κ1) is 24.0. The number of ether oxygens (including phenoxy) is 1. The Kier molecular flexibility index (Phi) is 7.25. The van der Waals surface area contributed by atoms with Crippen LogP contribution in [0.5, 0.6) is 0 Å². The Morgan fingerprint density at radius 3 is 2.61 bits per heavy atom. The Labute approximate surface area is 201 Å². The van der Waals surface area contributed by atoms with Crippen LogP contribution in [0.4, 0.5) is 0 Å². The summed E-state index contributed by atoms with van der Waals surface area (Å²) in [6, 6.07) is 14.8. The maximum Gasteiger partial charge on any atom is 0.220 e. The molecule has 6 heteroatoms. The van der Waals surface area contributed by atoms with Crippen molar-refractivity contribution in [3.05, 3.63) is 58.3 Å². The van der Waals surface area contributed by atoms with Gasteiger partial charge in [-0.05, 0) is 63.0 Å². The molecule has 0 spiro atoms. The van der Waals surface area contributed by atoms with Gasteiger partial charge in [0.25, 0.3) is 0 Å². The molecular formula is C27H36N2O3S. The fourth-order valence-electron chi connectivity index (χ4n) is 5.68. The van der Waals surface area contributed by atoms with Gasteiger partial charge in [-0.25, -0.2) is 0 Å². The first-order valence-electron chi connectivity index (χ1n) is 12.1. The molecule has 0 saturated carbocycles. The largest absolute Gasteiger partial charge is 0.376 e. The SMILES string of the molecule is CC1(C)C[C@](CCNC(=O)CC[C@]2(Cc3cccs3)CCC(=O)N2)(c2ccccc2)CCO1. The van der Waals surface area contributed by atoms with E-state index < -0.39 is 0 Å². The molecule has 33 heavy (non-hydrogen) atoms. The number of carbonyl (C=O) groups excluding carboxylic acids is 2. The van der Waals surface area contributed by atoms with Crippen LogP contribution in [0.15, 0.2) is 47.8 Å². The number of thiophene rings is 1. The van der Waals surface area contributed by atoms with E-state index in [1.54, 1.807) is 11.3 Å². The van der Waals surface area contributed by atoms with Gasteiger partial charge in [-0.2, -0.15) is 0 Å². The summed E-state index contributed by atoms with van der Waals surface area (Å²) in [7, 11) is 0. The van der Waals surface area contributed by atoms with Gasteiger partial charge in [-0.3, -0.25) is 9.59 Å². The number of nitrogens with one attached hydrogen (secondary N) is 2. The van der Waals surface area contributed by atoms with Crippen LogP contribution in [0, 0.1) is 0 Å². The molecule has 0 aliphatic carbocycles. The monoisotopic (exact) mass is 468 g/mol. The van der Waals surface area contributed by atoms with Crippen LogP contribution in [0.1, 0.15) is 69.2 Å². The number of benzene rings is 1. The highest BCUT2D eigenvalue weighted by atomic mass is 32.1. The fraction of sp³-hybridized carbons (Fsp3) is 0.556. The third-order valence-electron chi connectivity index (χ3n) is 7.31. The summed E-state index contributed by atoms with van der Waals surface area (Å²) in [6.07, 6.45) is 6.05. The molecule has 1 aromatic heterocycles. The normalized spacial score (nSPS) is 26.7. The number of amides is 2. The van der Waals surface area contributed by atoms with Gasteiger partial charge in [0.2, 0.25) is 11.8 Å². The van der Waals surface area contributed by atoms with Crippen LogP contribution in [-0.4, -0.2) is 36.1 Å². The second-order valence-corrected chi connectivity index (χ2v) is 11.4. The van der Waals surface area contributed by atoms with Gasteiger partial charge in [0.05, 0.1) is 5.60 Å². The zero-order valence-electron chi connectivity index (χ0n) is 19.8. The maximum atomic E-state index is 12.8. The minimum Gasteiger partial charge on any atom is -0.376 e. The van der Waals surface area contributed by atoms with Crippen molar-refractivity contribution in [2.45, 2.75) is 81.8 Å². The standard InChI is InChI=1S/C27H36N2O3S/c1-25(2)20-26(15-17-32-25,21-7-4-3-5-8-21)14-16-28-23(30)10-12-27(13-11-24(31)29-27)19-22-9-6-18-33-22/h3-9,18H,10-17,19-20H2,1-2H3,(H,28,30)(H,29,31)/t26-,27-/m1/s1. The highest BCUT2D eigenvalue weighted by Gasteiger charge is 2.42. The Morgan fingerprint density at radius 2 is 1.94 bits per heavy atom. The van der Waals surface area contributed by atoms with E-state index in [0.717, 1.165) is 38.7 Å². The Balaban J connectivity index is 1.34. The van der Waals surface area contributed by atoms with Gasteiger partial charge in [0.15, 0.2) is 0 Å². The summed E-state index contributed by atoms with van der Waals surface area (Å²) in [5.74, 6) is 0.162. The maximum absolute atomic E-state index is 12.8. The molecule has 1 aromatic carbocycles. The fourth-order valence-corrected chi connectivity index (χ4v) is 6.53. The Morgan fingerprint density at radius 1 is 1.12 bits per heavy atom. The van der Waals surface area contributed by atoms with E-state index in [1.165, 1.54) is 10.4 Å².